The Bertz CT molecular complexity index is 14.9. The summed E-state index contributed by atoms with van der Waals surface area (Å²) in [6.07, 6.45) is 0. The molecule has 0 aromatic heterocycles. The molecule has 0 heterocycles. The zero-order valence-electron chi connectivity index (χ0n) is 6.28. The Balaban J connectivity index is -0.000000000500. The molecule has 0 spiro atoms. The molecule has 2 radical (unpaired) electrons. The van der Waals surface area contributed by atoms with Crippen LogP contribution in [0.2, 0.25) is 0 Å². The molecule has 16 valence electrons. The molecule has 0 aromatic carbocycles. The summed E-state index contributed by atoms with van der Waals surface area (Å²) in [6.45, 7) is 0. The minimum Gasteiger partial charge on any atom is -1.00 e. The molecule has 0 aromatic rings. The Labute approximate surface area is 94.3 Å². The van der Waals surface area contributed by atoms with E-state index in [1.165, 1.54) is 0 Å². The van der Waals surface area contributed by atoms with Crippen LogP contribution in [0.4, 0.5) is 0 Å². The van der Waals surface area contributed by atoms with E-state index in [1.54, 1.807) is 0 Å². The van der Waals surface area contributed by atoms with E-state index in [1.807, 2.05) is 0 Å². The first-order valence-electron chi connectivity index (χ1n) is 0.577. The van der Waals surface area contributed by atoms with Crippen molar-refractivity contribution in [1.82, 2.24) is 0 Å². The molecular weight excluding hydrogens is 102 g/mol. The maximum atomic E-state index is 4.64. The van der Waals surface area contributed by atoms with Crippen LogP contribution in [0.1, 0.15) is 4.28 Å². The van der Waals surface area contributed by atoms with Gasteiger partial charge in [0.15, 0.2) is 0 Å². The van der Waals surface area contributed by atoms with Crippen molar-refractivity contribution in [3.63, 3.8) is 0 Å². The fraction of sp³-hybridized carbons (Fsp3) is 0. The zero-order valence-corrected chi connectivity index (χ0v) is 9.82. The van der Waals surface area contributed by atoms with Gasteiger partial charge in [-0.15, -0.1) is 0 Å². The van der Waals surface area contributed by atoms with Gasteiger partial charge in [-0.25, -0.2) is 0 Å². The fourth-order valence-corrected chi connectivity index (χ4v) is 0. The summed E-state index contributed by atoms with van der Waals surface area (Å²) in [4.78, 5) is 0. The molecule has 0 fully saturated rings. The van der Waals surface area contributed by atoms with E-state index >= 15 is 0 Å². The van der Waals surface area contributed by atoms with E-state index in [-0.39, 0.29) is 78.7 Å². The van der Waals surface area contributed by atoms with Crippen LogP contribution in [-0.2, 0) is 0 Å². The number of hydrogen-bond donors (Lipinski definition) is 0. The first-order chi connectivity index (χ1) is 1.00. The van der Waals surface area contributed by atoms with Crippen molar-refractivity contribution in [3.05, 3.63) is 0 Å². The maximum absolute atomic E-state index is 4.64. The molecule has 0 rings (SSSR count). The van der Waals surface area contributed by atoms with E-state index in [0.717, 1.165) is 10.1 Å². The average molecular weight is 108 g/mol. The Kier molecular flexibility index (Phi) is 68.9. The molecule has 4 heavy (non-hydrogen) atoms. The summed E-state index contributed by atoms with van der Waals surface area (Å²) in [6, 6.07) is 0. The Hall–Kier alpha value is 2.68. The second kappa shape index (κ2) is 17.3. The normalized spacial score (nSPS) is 2.00. The van der Waals surface area contributed by atoms with Gasteiger partial charge >= 0.3 is 74.4 Å². The summed E-state index contributed by atoms with van der Waals surface area (Å²) in [5.41, 5.74) is 0. The quantitative estimate of drug-likeness (QED) is 0.274. The minimum atomic E-state index is 0. The molecular formula is H6BKMgSi. The van der Waals surface area contributed by atoms with Crippen LogP contribution in [0.15, 0.2) is 0 Å². The van der Waals surface area contributed by atoms with Gasteiger partial charge in [0.05, 0.1) is 0 Å². The predicted octanol–water partition coefficient (Wildman–Crippen LogP) is -4.60. The fourth-order valence-electron chi connectivity index (χ4n) is 0. The molecule has 4 heteroatoms. The average Bonchev–Trinajstić information content (AvgIpc) is 1.00. The van der Waals surface area contributed by atoms with Gasteiger partial charge in [-0.3, -0.25) is 0 Å². The predicted molar refractivity (Wildman–Crippen MR) is 24.8 cm³/mol. The van der Waals surface area contributed by atoms with Gasteiger partial charge in [-0.1, -0.05) is 0 Å². The number of rotatable bonds is 0. The molecule has 0 saturated heterocycles. The molecule has 0 bridgehead atoms. The molecule has 0 unspecified atom stereocenters. The topological polar surface area (TPSA) is 0 Å². The standard InChI is InChI=1S/BH3Si.K.Mg.3H/c1-2;;;;;/h2H3;;;;;/q;+1;+2;3*-1. The molecule has 0 aliphatic heterocycles. The van der Waals surface area contributed by atoms with Crippen molar-refractivity contribution in [1.29, 1.82) is 0 Å². The maximum Gasteiger partial charge on any atom is 2.00 e. The van der Waals surface area contributed by atoms with Crippen LogP contribution >= 0.6 is 0 Å². The van der Waals surface area contributed by atoms with Gasteiger partial charge < -0.3 is 4.28 Å². The van der Waals surface area contributed by atoms with Crippen molar-refractivity contribution in [2.24, 2.45) is 0 Å². The summed E-state index contributed by atoms with van der Waals surface area (Å²) >= 11 is 0. The molecule has 0 aliphatic carbocycles. The van der Waals surface area contributed by atoms with Gasteiger partial charge in [0.2, 0.25) is 0 Å². The molecule has 0 amide bonds. The van der Waals surface area contributed by atoms with Crippen molar-refractivity contribution in [2.45, 2.75) is 0 Å². The third-order valence-electron chi connectivity index (χ3n) is 0. The molecule has 0 aliphatic rings. The zero-order chi connectivity index (χ0) is 2.00. The third-order valence-corrected chi connectivity index (χ3v) is 0. The Morgan fingerprint density at radius 3 is 1.50 bits per heavy atom. The van der Waals surface area contributed by atoms with E-state index in [2.05, 4.69) is 7.44 Å². The van der Waals surface area contributed by atoms with Crippen LogP contribution in [0, 0.1) is 0 Å². The van der Waals surface area contributed by atoms with Gasteiger partial charge in [-0.05, 0) is 10.1 Å². The smallest absolute Gasteiger partial charge is 1.00 e. The van der Waals surface area contributed by atoms with Crippen LogP contribution in [0.5, 0.6) is 0 Å². The van der Waals surface area contributed by atoms with Crippen LogP contribution in [0.25, 0.3) is 0 Å². The SMILES string of the molecule is [B][SiH3].[H-].[H-].[H-].[K+].[Mg+2]. The second-order valence-electron chi connectivity index (χ2n) is 0. The third kappa shape index (κ3) is 8.82. The van der Waals surface area contributed by atoms with E-state index in [9.17, 15) is 0 Å². The van der Waals surface area contributed by atoms with Gasteiger partial charge in [-0.2, -0.15) is 0 Å². The summed E-state index contributed by atoms with van der Waals surface area (Å²) in [5, 5.41) is 0. The molecule has 0 saturated carbocycles. The second-order valence-corrected chi connectivity index (χ2v) is 0. The first kappa shape index (κ1) is 15.9. The largest absolute Gasteiger partial charge is 2.00 e. The van der Waals surface area contributed by atoms with E-state index < -0.39 is 0 Å². The van der Waals surface area contributed by atoms with E-state index in [4.69, 9.17) is 0 Å². The van der Waals surface area contributed by atoms with Crippen molar-refractivity contribution in [2.75, 3.05) is 0 Å². The first-order valence-corrected chi connectivity index (χ1v) is 1.73. The Morgan fingerprint density at radius 2 is 1.50 bits per heavy atom. The molecule has 0 nitrogen and oxygen atoms in total. The van der Waals surface area contributed by atoms with Crippen molar-refractivity contribution in [3.8, 4) is 0 Å². The Morgan fingerprint density at radius 1 is 1.50 bits per heavy atom. The van der Waals surface area contributed by atoms with Gasteiger partial charge in [0.25, 0.3) is 0 Å². The molecule has 0 N–H and O–H groups in total. The van der Waals surface area contributed by atoms with Crippen molar-refractivity contribution < 1.29 is 55.7 Å². The van der Waals surface area contributed by atoms with E-state index in [0.29, 0.717) is 0 Å². The molecule has 0 atom stereocenters. The monoisotopic (exact) mass is 108 g/mol. The summed E-state index contributed by atoms with van der Waals surface area (Å²) in [7, 11) is 5.44. The van der Waals surface area contributed by atoms with Crippen LogP contribution < -0.4 is 51.4 Å². The summed E-state index contributed by atoms with van der Waals surface area (Å²) in [5.74, 6) is 0. The van der Waals surface area contributed by atoms with Gasteiger partial charge in [0.1, 0.15) is 0 Å². The van der Waals surface area contributed by atoms with Gasteiger partial charge in [0, 0.05) is 7.44 Å². The van der Waals surface area contributed by atoms with Crippen LogP contribution in [0.3, 0.4) is 0 Å². The summed E-state index contributed by atoms with van der Waals surface area (Å²) < 4.78 is 0. The van der Waals surface area contributed by atoms with Crippen LogP contribution in [-0.4, -0.2) is 40.6 Å². The van der Waals surface area contributed by atoms with Crippen molar-refractivity contribution >= 4 is 40.6 Å². The number of hydrogen-bond acceptors (Lipinski definition) is 0. The minimum absolute atomic E-state index is 0.